The summed E-state index contributed by atoms with van der Waals surface area (Å²) in [5.41, 5.74) is 2.89. The topological polar surface area (TPSA) is 111 Å². The summed E-state index contributed by atoms with van der Waals surface area (Å²) in [7, 11) is 0. The second-order valence-electron chi connectivity index (χ2n) is 6.78. The Hall–Kier alpha value is -3.30. The summed E-state index contributed by atoms with van der Waals surface area (Å²) in [5, 5.41) is 16.0. The van der Waals surface area contributed by atoms with Crippen LogP contribution in [0, 0.1) is 24.0 Å². The zero-order valence-electron chi connectivity index (χ0n) is 16.7. The van der Waals surface area contributed by atoms with E-state index in [1.165, 1.54) is 23.5 Å². The van der Waals surface area contributed by atoms with Crippen molar-refractivity contribution in [1.82, 2.24) is 4.98 Å². The number of nitro benzene ring substituents is 1. The molecular formula is C21H18ClN3O5S. The number of amides is 1. The van der Waals surface area contributed by atoms with Crippen LogP contribution in [0.25, 0.3) is 0 Å². The van der Waals surface area contributed by atoms with Gasteiger partial charge in [-0.1, -0.05) is 23.7 Å². The second-order valence-corrected chi connectivity index (χ2v) is 8.13. The Morgan fingerprint density at radius 3 is 2.74 bits per heavy atom. The number of hydrogen-bond donors (Lipinski definition) is 1. The predicted molar refractivity (Wildman–Crippen MR) is 118 cm³/mol. The average Bonchev–Trinajstić information content (AvgIpc) is 3.16. The maximum Gasteiger partial charge on any atom is 0.338 e. The summed E-state index contributed by atoms with van der Waals surface area (Å²) >= 11 is 7.03. The van der Waals surface area contributed by atoms with E-state index >= 15 is 0 Å². The lowest BCUT2D eigenvalue weighted by molar-refractivity contribution is -0.384. The molecule has 1 amide bonds. The molecule has 0 bridgehead atoms. The van der Waals surface area contributed by atoms with Crippen LogP contribution in [0.3, 0.4) is 0 Å². The fourth-order valence-electron chi connectivity index (χ4n) is 2.70. The van der Waals surface area contributed by atoms with Crippen molar-refractivity contribution in [3.8, 4) is 0 Å². The molecule has 0 saturated heterocycles. The van der Waals surface area contributed by atoms with Gasteiger partial charge < -0.3 is 10.1 Å². The van der Waals surface area contributed by atoms with E-state index in [-0.39, 0.29) is 35.2 Å². The summed E-state index contributed by atoms with van der Waals surface area (Å²) in [6.45, 7) is 3.75. The number of anilines is 1. The van der Waals surface area contributed by atoms with Crippen LogP contribution in [0.5, 0.6) is 0 Å². The van der Waals surface area contributed by atoms with Gasteiger partial charge >= 0.3 is 5.97 Å². The van der Waals surface area contributed by atoms with E-state index in [4.69, 9.17) is 16.3 Å². The number of nitro groups is 1. The minimum Gasteiger partial charge on any atom is -0.456 e. The average molecular weight is 460 g/mol. The Kier molecular flexibility index (Phi) is 6.98. The van der Waals surface area contributed by atoms with Crippen LogP contribution in [-0.4, -0.2) is 21.8 Å². The van der Waals surface area contributed by atoms with Crippen LogP contribution in [0.2, 0.25) is 5.02 Å². The first-order valence-corrected chi connectivity index (χ1v) is 10.4. The molecule has 3 aromatic rings. The number of nitrogens with one attached hydrogen (secondary N) is 1. The standard InChI is InChI=1S/C21H18ClN3O5S/c1-12-3-4-13(2)17(7-12)24-19(26)9-20-23-15(11-31-20)10-30-21(27)14-5-6-16(22)18(8-14)25(28)29/h3-8,11H,9-10H2,1-2H3,(H,24,26). The lowest BCUT2D eigenvalue weighted by atomic mass is 10.1. The number of carbonyl (C=O) groups excluding carboxylic acids is 2. The SMILES string of the molecule is Cc1ccc(C)c(NC(=O)Cc2nc(COC(=O)c3ccc(Cl)c([N+](=O)[O-])c3)cs2)c1. The van der Waals surface area contributed by atoms with Gasteiger partial charge in [-0.3, -0.25) is 14.9 Å². The minimum absolute atomic E-state index is 0.0134. The van der Waals surface area contributed by atoms with E-state index in [1.54, 1.807) is 5.38 Å². The fraction of sp³-hybridized carbons (Fsp3) is 0.190. The number of halogens is 1. The van der Waals surface area contributed by atoms with E-state index in [9.17, 15) is 19.7 Å². The molecule has 1 N–H and O–H groups in total. The van der Waals surface area contributed by atoms with Gasteiger partial charge in [-0.2, -0.15) is 0 Å². The Balaban J connectivity index is 1.57. The highest BCUT2D eigenvalue weighted by Gasteiger charge is 2.18. The number of thiazole rings is 1. The van der Waals surface area contributed by atoms with Crippen LogP contribution in [0.1, 0.15) is 32.2 Å². The molecule has 0 radical (unpaired) electrons. The molecule has 0 unspecified atom stereocenters. The number of carbonyl (C=O) groups is 2. The molecule has 1 heterocycles. The highest BCUT2D eigenvalue weighted by atomic mass is 35.5. The predicted octanol–water partition coefficient (Wildman–Crippen LogP) is 4.86. The zero-order valence-corrected chi connectivity index (χ0v) is 18.2. The largest absolute Gasteiger partial charge is 0.456 e. The third-order valence-electron chi connectivity index (χ3n) is 4.31. The first kappa shape index (κ1) is 22.4. The van der Waals surface area contributed by atoms with Crippen LogP contribution in [-0.2, 0) is 22.6 Å². The maximum atomic E-state index is 12.3. The molecule has 0 atom stereocenters. The van der Waals surface area contributed by atoms with Gasteiger partial charge in [0.2, 0.25) is 5.91 Å². The molecule has 31 heavy (non-hydrogen) atoms. The molecule has 0 aliphatic heterocycles. The molecule has 0 fully saturated rings. The van der Waals surface area contributed by atoms with E-state index in [1.807, 2.05) is 32.0 Å². The van der Waals surface area contributed by atoms with Gasteiger partial charge in [-0.05, 0) is 43.2 Å². The van der Waals surface area contributed by atoms with Gasteiger partial charge in [0, 0.05) is 17.1 Å². The maximum absolute atomic E-state index is 12.3. The van der Waals surface area contributed by atoms with Gasteiger partial charge in [0.1, 0.15) is 16.6 Å². The number of hydrogen-bond acceptors (Lipinski definition) is 7. The number of benzene rings is 2. The summed E-state index contributed by atoms with van der Waals surface area (Å²) < 4.78 is 5.17. The van der Waals surface area contributed by atoms with E-state index in [0.717, 1.165) is 22.9 Å². The van der Waals surface area contributed by atoms with Gasteiger partial charge in [-0.25, -0.2) is 9.78 Å². The first-order valence-electron chi connectivity index (χ1n) is 9.14. The monoisotopic (exact) mass is 459 g/mol. The van der Waals surface area contributed by atoms with Crippen molar-refractivity contribution >= 4 is 46.2 Å². The number of esters is 1. The Labute approximate surface area is 187 Å². The Morgan fingerprint density at radius 2 is 2.00 bits per heavy atom. The number of aryl methyl sites for hydroxylation is 2. The van der Waals surface area contributed by atoms with E-state index < -0.39 is 10.9 Å². The van der Waals surface area contributed by atoms with Crippen molar-refractivity contribution in [2.75, 3.05) is 5.32 Å². The molecular weight excluding hydrogens is 442 g/mol. The summed E-state index contributed by atoms with van der Waals surface area (Å²) in [5.74, 6) is -0.929. The second kappa shape index (κ2) is 9.67. The number of ether oxygens (including phenoxy) is 1. The molecule has 8 nitrogen and oxygen atoms in total. The van der Waals surface area contributed by atoms with Crippen molar-refractivity contribution in [2.24, 2.45) is 0 Å². The number of aromatic nitrogens is 1. The molecule has 160 valence electrons. The minimum atomic E-state index is -0.734. The summed E-state index contributed by atoms with van der Waals surface area (Å²) in [6, 6.07) is 9.50. The quantitative estimate of drug-likeness (QED) is 0.307. The molecule has 10 heteroatoms. The first-order chi connectivity index (χ1) is 14.7. The molecule has 0 saturated carbocycles. The van der Waals surface area contributed by atoms with Crippen molar-refractivity contribution in [2.45, 2.75) is 26.9 Å². The van der Waals surface area contributed by atoms with Gasteiger partial charge in [0.15, 0.2) is 0 Å². The van der Waals surface area contributed by atoms with Gasteiger partial charge in [-0.15, -0.1) is 11.3 Å². The molecule has 0 aliphatic carbocycles. The Bertz CT molecular complexity index is 1160. The molecule has 0 spiro atoms. The lowest BCUT2D eigenvalue weighted by Gasteiger charge is -2.08. The fourth-order valence-corrected chi connectivity index (χ4v) is 3.66. The summed E-state index contributed by atoms with van der Waals surface area (Å²) in [6.07, 6.45) is 0.0926. The van der Waals surface area contributed by atoms with Crippen LogP contribution in [0.4, 0.5) is 11.4 Å². The van der Waals surface area contributed by atoms with Gasteiger partial charge in [0.05, 0.1) is 22.6 Å². The highest BCUT2D eigenvalue weighted by Crippen LogP contribution is 2.25. The van der Waals surface area contributed by atoms with Crippen molar-refractivity contribution in [3.63, 3.8) is 0 Å². The zero-order chi connectivity index (χ0) is 22.5. The highest BCUT2D eigenvalue weighted by molar-refractivity contribution is 7.09. The van der Waals surface area contributed by atoms with E-state index in [0.29, 0.717) is 10.7 Å². The van der Waals surface area contributed by atoms with Crippen LogP contribution in [0.15, 0.2) is 41.8 Å². The molecule has 3 rings (SSSR count). The van der Waals surface area contributed by atoms with Crippen molar-refractivity contribution in [1.29, 1.82) is 0 Å². The third-order valence-corrected chi connectivity index (χ3v) is 5.53. The Morgan fingerprint density at radius 1 is 1.23 bits per heavy atom. The third kappa shape index (κ3) is 5.87. The lowest BCUT2D eigenvalue weighted by Crippen LogP contribution is -2.15. The molecule has 1 aromatic heterocycles. The number of nitrogens with zero attached hydrogens (tertiary/aromatic N) is 2. The molecule has 2 aromatic carbocycles. The smallest absolute Gasteiger partial charge is 0.338 e. The molecule has 0 aliphatic rings. The van der Waals surface area contributed by atoms with Crippen LogP contribution >= 0.6 is 22.9 Å². The normalized spacial score (nSPS) is 10.5. The van der Waals surface area contributed by atoms with E-state index in [2.05, 4.69) is 10.3 Å². The van der Waals surface area contributed by atoms with Crippen LogP contribution < -0.4 is 5.32 Å². The van der Waals surface area contributed by atoms with Crippen molar-refractivity contribution in [3.05, 3.63) is 84.3 Å². The van der Waals surface area contributed by atoms with Crippen molar-refractivity contribution < 1.29 is 19.2 Å². The van der Waals surface area contributed by atoms with Gasteiger partial charge in [0.25, 0.3) is 5.69 Å². The number of rotatable bonds is 7. The summed E-state index contributed by atoms with van der Waals surface area (Å²) in [4.78, 5) is 39.1.